The van der Waals surface area contributed by atoms with Gasteiger partial charge in [0.2, 0.25) is 0 Å². The van der Waals surface area contributed by atoms with Gasteiger partial charge in [0.15, 0.2) is 0 Å². The van der Waals surface area contributed by atoms with E-state index in [4.69, 9.17) is 10.5 Å². The number of nitrogens with two attached hydrogens (primary N) is 1. The van der Waals surface area contributed by atoms with Gasteiger partial charge in [-0.1, -0.05) is 0 Å². The summed E-state index contributed by atoms with van der Waals surface area (Å²) in [5, 5.41) is 0. The van der Waals surface area contributed by atoms with Gasteiger partial charge in [0.25, 0.3) is 0 Å². The Morgan fingerprint density at radius 3 is 2.00 bits per heavy atom. The normalized spacial score (nSPS) is 37.5. The first-order valence-electron chi connectivity index (χ1n) is 2.89. The van der Waals surface area contributed by atoms with Crippen LogP contribution in [0.5, 0.6) is 0 Å². The summed E-state index contributed by atoms with van der Waals surface area (Å²) in [6.07, 6.45) is 0. The zero-order chi connectivity index (χ0) is 6.41. The molecule has 0 spiro atoms. The molecule has 0 bridgehead atoms. The highest BCUT2D eigenvalue weighted by Gasteiger charge is 2.50. The fourth-order valence-corrected chi connectivity index (χ4v) is 0.480. The Labute approximate surface area is 50.0 Å². The summed E-state index contributed by atoms with van der Waals surface area (Å²) < 4.78 is 5.14. The number of epoxide rings is 1. The van der Waals surface area contributed by atoms with Crippen molar-refractivity contribution in [3.8, 4) is 0 Å². The maximum Gasteiger partial charge on any atom is 0.106 e. The third kappa shape index (κ3) is 0.740. The average Bonchev–Trinajstić information content (AvgIpc) is 2.16. The van der Waals surface area contributed by atoms with E-state index in [1.807, 2.05) is 20.8 Å². The summed E-state index contributed by atoms with van der Waals surface area (Å²) >= 11 is 0. The lowest BCUT2D eigenvalue weighted by Crippen LogP contribution is -2.46. The van der Waals surface area contributed by atoms with Gasteiger partial charge in [-0.2, -0.15) is 0 Å². The van der Waals surface area contributed by atoms with E-state index in [1.54, 1.807) is 0 Å². The lowest BCUT2D eigenvalue weighted by atomic mass is 9.91. The number of rotatable bonds is 1. The Kier molecular flexibility index (Phi) is 0.946. The van der Waals surface area contributed by atoms with Gasteiger partial charge in [-0.25, -0.2) is 0 Å². The molecule has 0 aromatic rings. The van der Waals surface area contributed by atoms with Gasteiger partial charge in [-0.05, 0) is 20.8 Å². The SMILES string of the molecule is CC(C)(N)C1(C)CO1. The standard InChI is InChI=1S/C6H13NO/c1-5(2,7)6(3)4-8-6/h4,7H2,1-3H3. The van der Waals surface area contributed by atoms with E-state index in [0.29, 0.717) is 0 Å². The molecule has 1 rings (SSSR count). The van der Waals surface area contributed by atoms with Crippen molar-refractivity contribution in [2.24, 2.45) is 5.73 Å². The second-order valence-corrected chi connectivity index (χ2v) is 3.24. The Bertz CT molecular complexity index is 96.3. The molecule has 2 N–H and O–H groups in total. The molecule has 0 aromatic heterocycles. The number of hydrogen-bond donors (Lipinski definition) is 1. The molecule has 2 heteroatoms. The van der Waals surface area contributed by atoms with E-state index in [-0.39, 0.29) is 11.1 Å². The smallest absolute Gasteiger partial charge is 0.106 e. The molecule has 8 heavy (non-hydrogen) atoms. The van der Waals surface area contributed by atoms with Gasteiger partial charge >= 0.3 is 0 Å². The highest BCUT2D eigenvalue weighted by molar-refractivity contribution is 5.03. The second kappa shape index (κ2) is 1.25. The first kappa shape index (κ1) is 6.05. The first-order chi connectivity index (χ1) is 3.46. The van der Waals surface area contributed by atoms with Crippen LogP contribution in [0.25, 0.3) is 0 Å². The Morgan fingerprint density at radius 2 is 2.00 bits per heavy atom. The molecule has 2 nitrogen and oxygen atoms in total. The maximum absolute atomic E-state index is 5.75. The lowest BCUT2D eigenvalue weighted by Gasteiger charge is -2.22. The first-order valence-corrected chi connectivity index (χ1v) is 2.89. The molecule has 1 unspecified atom stereocenters. The van der Waals surface area contributed by atoms with Crippen LogP contribution >= 0.6 is 0 Å². The zero-order valence-electron chi connectivity index (χ0n) is 5.69. The fraction of sp³-hybridized carbons (Fsp3) is 1.00. The minimum absolute atomic E-state index is 0.0347. The molecule has 1 heterocycles. The van der Waals surface area contributed by atoms with E-state index in [1.165, 1.54) is 0 Å². The van der Waals surface area contributed by atoms with Crippen molar-refractivity contribution in [1.29, 1.82) is 0 Å². The zero-order valence-corrected chi connectivity index (χ0v) is 5.69. The maximum atomic E-state index is 5.75. The van der Waals surface area contributed by atoms with Crippen LogP contribution in [0.15, 0.2) is 0 Å². The summed E-state index contributed by atoms with van der Waals surface area (Å²) in [6, 6.07) is 0. The third-order valence-electron chi connectivity index (χ3n) is 1.94. The van der Waals surface area contributed by atoms with Crippen LogP contribution in [-0.4, -0.2) is 17.7 Å². The average molecular weight is 115 g/mol. The molecule has 0 amide bonds. The molecule has 0 aromatic carbocycles. The molecule has 1 fully saturated rings. The van der Waals surface area contributed by atoms with Crippen molar-refractivity contribution in [2.45, 2.75) is 31.9 Å². The third-order valence-corrected chi connectivity index (χ3v) is 1.94. The number of ether oxygens (including phenoxy) is 1. The van der Waals surface area contributed by atoms with Gasteiger partial charge in [-0.15, -0.1) is 0 Å². The molecular formula is C6H13NO. The summed E-state index contributed by atoms with van der Waals surface area (Å²) in [6.45, 7) is 6.82. The van der Waals surface area contributed by atoms with Crippen LogP contribution in [0.4, 0.5) is 0 Å². The Balaban J connectivity index is 2.58. The minimum Gasteiger partial charge on any atom is -0.368 e. The van der Waals surface area contributed by atoms with Crippen LogP contribution < -0.4 is 5.73 Å². The highest BCUT2D eigenvalue weighted by Crippen LogP contribution is 2.35. The van der Waals surface area contributed by atoms with E-state index < -0.39 is 0 Å². The molecule has 0 radical (unpaired) electrons. The molecule has 0 aliphatic carbocycles. The Hall–Kier alpha value is -0.0800. The van der Waals surface area contributed by atoms with Crippen molar-refractivity contribution in [3.05, 3.63) is 0 Å². The molecule has 0 saturated carbocycles. The molecule has 1 saturated heterocycles. The summed E-state index contributed by atoms with van der Waals surface area (Å²) in [5.74, 6) is 0. The largest absolute Gasteiger partial charge is 0.368 e. The summed E-state index contributed by atoms with van der Waals surface area (Å²) in [5.41, 5.74) is 5.54. The van der Waals surface area contributed by atoms with Crippen LogP contribution in [0.1, 0.15) is 20.8 Å². The van der Waals surface area contributed by atoms with E-state index >= 15 is 0 Å². The van der Waals surface area contributed by atoms with Crippen molar-refractivity contribution in [3.63, 3.8) is 0 Å². The number of hydrogen-bond acceptors (Lipinski definition) is 2. The predicted molar refractivity (Wildman–Crippen MR) is 32.6 cm³/mol. The van der Waals surface area contributed by atoms with Crippen LogP contribution in [-0.2, 0) is 4.74 Å². The second-order valence-electron chi connectivity index (χ2n) is 3.24. The van der Waals surface area contributed by atoms with Gasteiger partial charge < -0.3 is 10.5 Å². The minimum atomic E-state index is -0.174. The molecule has 1 aliphatic heterocycles. The summed E-state index contributed by atoms with van der Waals surface area (Å²) in [7, 11) is 0. The Morgan fingerprint density at radius 1 is 1.62 bits per heavy atom. The molecule has 48 valence electrons. The van der Waals surface area contributed by atoms with Gasteiger partial charge in [0, 0.05) is 5.54 Å². The summed E-state index contributed by atoms with van der Waals surface area (Å²) in [4.78, 5) is 0. The van der Waals surface area contributed by atoms with E-state index in [0.717, 1.165) is 6.61 Å². The predicted octanol–water partition coefficient (Wildman–Crippen LogP) is 0.513. The quantitative estimate of drug-likeness (QED) is 0.506. The van der Waals surface area contributed by atoms with Crippen LogP contribution in [0.3, 0.4) is 0 Å². The molecule has 1 atom stereocenters. The highest BCUT2D eigenvalue weighted by atomic mass is 16.6. The van der Waals surface area contributed by atoms with Gasteiger partial charge in [-0.3, -0.25) is 0 Å². The van der Waals surface area contributed by atoms with Crippen LogP contribution in [0, 0.1) is 0 Å². The van der Waals surface area contributed by atoms with E-state index in [9.17, 15) is 0 Å². The molecule has 1 aliphatic rings. The topological polar surface area (TPSA) is 38.5 Å². The van der Waals surface area contributed by atoms with Gasteiger partial charge in [0.1, 0.15) is 5.60 Å². The van der Waals surface area contributed by atoms with Gasteiger partial charge in [0.05, 0.1) is 6.61 Å². The van der Waals surface area contributed by atoms with Crippen molar-refractivity contribution >= 4 is 0 Å². The molecular weight excluding hydrogens is 102 g/mol. The lowest BCUT2D eigenvalue weighted by molar-refractivity contribution is 0.227. The monoisotopic (exact) mass is 115 g/mol. The van der Waals surface area contributed by atoms with Crippen LogP contribution in [0.2, 0.25) is 0 Å². The van der Waals surface area contributed by atoms with Crippen molar-refractivity contribution in [2.75, 3.05) is 6.61 Å². The van der Waals surface area contributed by atoms with Crippen molar-refractivity contribution < 1.29 is 4.74 Å². The fourth-order valence-electron chi connectivity index (χ4n) is 0.480. The van der Waals surface area contributed by atoms with E-state index in [2.05, 4.69) is 0 Å². The van der Waals surface area contributed by atoms with Crippen molar-refractivity contribution in [1.82, 2.24) is 0 Å².